The Hall–Kier alpha value is -3.13. The van der Waals surface area contributed by atoms with Crippen LogP contribution < -0.4 is 4.74 Å². The van der Waals surface area contributed by atoms with Crippen molar-refractivity contribution in [2.45, 2.75) is 13.8 Å². The van der Waals surface area contributed by atoms with Crippen LogP contribution in [0.25, 0.3) is 0 Å². The number of carbonyl (C=O) groups excluding carboxylic acids is 2. The Kier molecular flexibility index (Phi) is 6.56. The molecule has 0 atom stereocenters. The van der Waals surface area contributed by atoms with Crippen LogP contribution in [-0.2, 0) is 4.79 Å². The lowest BCUT2D eigenvalue weighted by Crippen LogP contribution is -2.51. The lowest BCUT2D eigenvalue weighted by molar-refractivity contribution is -0.385. The maximum Gasteiger partial charge on any atom is 0.313 e. The van der Waals surface area contributed by atoms with Crippen LogP contribution in [0.1, 0.15) is 24.2 Å². The van der Waals surface area contributed by atoms with Crippen molar-refractivity contribution in [2.24, 2.45) is 5.92 Å². The molecule has 1 aliphatic heterocycles. The van der Waals surface area contributed by atoms with Crippen LogP contribution in [0.4, 0.5) is 5.69 Å². The van der Waals surface area contributed by atoms with E-state index >= 15 is 0 Å². The summed E-state index contributed by atoms with van der Waals surface area (Å²) < 4.78 is 5.60. The van der Waals surface area contributed by atoms with Gasteiger partial charge in [0.05, 0.1) is 4.92 Å². The standard InChI is InChI=1S/C21H22ClN3O5/c1-14(2)20(26)23-9-11-24(12-10-23)21(27)15-3-6-17(7-4-15)30-19-8-5-16(22)13-18(19)25(28)29/h3-8,13-14H,9-12H2,1-2H3. The Morgan fingerprint density at radius 3 is 2.20 bits per heavy atom. The van der Waals surface area contributed by atoms with Gasteiger partial charge in [0.15, 0.2) is 0 Å². The molecule has 0 saturated carbocycles. The Balaban J connectivity index is 1.64. The van der Waals surface area contributed by atoms with Gasteiger partial charge in [0.1, 0.15) is 5.75 Å². The minimum atomic E-state index is -0.567. The molecule has 2 aromatic rings. The van der Waals surface area contributed by atoms with E-state index in [2.05, 4.69) is 0 Å². The largest absolute Gasteiger partial charge is 0.450 e. The minimum Gasteiger partial charge on any atom is -0.450 e. The van der Waals surface area contributed by atoms with Crippen LogP contribution in [0.2, 0.25) is 5.02 Å². The first-order valence-corrected chi connectivity index (χ1v) is 9.94. The number of amides is 2. The fraction of sp³-hybridized carbons (Fsp3) is 0.333. The Morgan fingerprint density at radius 1 is 1.03 bits per heavy atom. The first-order valence-electron chi connectivity index (χ1n) is 9.56. The molecule has 8 nitrogen and oxygen atoms in total. The number of hydrogen-bond donors (Lipinski definition) is 0. The summed E-state index contributed by atoms with van der Waals surface area (Å²) in [7, 11) is 0. The number of nitro groups is 1. The van der Waals surface area contributed by atoms with E-state index in [1.165, 1.54) is 18.2 Å². The maximum atomic E-state index is 12.7. The molecular formula is C21H22ClN3O5. The van der Waals surface area contributed by atoms with Crippen molar-refractivity contribution in [3.63, 3.8) is 0 Å². The van der Waals surface area contributed by atoms with Gasteiger partial charge >= 0.3 is 5.69 Å². The van der Waals surface area contributed by atoms with Crippen molar-refractivity contribution >= 4 is 29.1 Å². The molecule has 1 fully saturated rings. The van der Waals surface area contributed by atoms with Gasteiger partial charge in [-0.3, -0.25) is 19.7 Å². The van der Waals surface area contributed by atoms with E-state index in [9.17, 15) is 19.7 Å². The summed E-state index contributed by atoms with van der Waals surface area (Å²) in [6.07, 6.45) is 0. The molecule has 9 heteroatoms. The normalized spacial score (nSPS) is 14.0. The quantitative estimate of drug-likeness (QED) is 0.527. The predicted molar refractivity (Wildman–Crippen MR) is 112 cm³/mol. The van der Waals surface area contributed by atoms with Crippen molar-refractivity contribution in [1.29, 1.82) is 0 Å². The van der Waals surface area contributed by atoms with Gasteiger partial charge in [0.25, 0.3) is 5.91 Å². The lowest BCUT2D eigenvalue weighted by atomic mass is 10.1. The summed E-state index contributed by atoms with van der Waals surface area (Å²) in [5.74, 6) is 0.338. The van der Waals surface area contributed by atoms with E-state index in [0.29, 0.717) is 37.5 Å². The zero-order valence-corrected chi connectivity index (χ0v) is 17.5. The maximum absolute atomic E-state index is 12.7. The van der Waals surface area contributed by atoms with Gasteiger partial charge in [-0.1, -0.05) is 25.4 Å². The zero-order chi connectivity index (χ0) is 21.8. The fourth-order valence-corrected chi connectivity index (χ4v) is 3.36. The molecule has 0 bridgehead atoms. The van der Waals surface area contributed by atoms with Gasteiger partial charge in [-0.15, -0.1) is 0 Å². The van der Waals surface area contributed by atoms with Crippen molar-refractivity contribution in [1.82, 2.24) is 9.80 Å². The van der Waals surface area contributed by atoms with Crippen LogP contribution in [0.5, 0.6) is 11.5 Å². The van der Waals surface area contributed by atoms with Crippen LogP contribution in [0.15, 0.2) is 42.5 Å². The molecule has 1 heterocycles. The van der Waals surface area contributed by atoms with E-state index in [1.807, 2.05) is 13.8 Å². The smallest absolute Gasteiger partial charge is 0.313 e. The molecule has 0 N–H and O–H groups in total. The van der Waals surface area contributed by atoms with Gasteiger partial charge < -0.3 is 14.5 Å². The first-order chi connectivity index (χ1) is 14.3. The fourth-order valence-electron chi connectivity index (χ4n) is 3.19. The summed E-state index contributed by atoms with van der Waals surface area (Å²) in [4.78, 5) is 38.9. The topological polar surface area (TPSA) is 93.0 Å². The van der Waals surface area contributed by atoms with Gasteiger partial charge in [-0.25, -0.2) is 0 Å². The summed E-state index contributed by atoms with van der Waals surface area (Å²) in [6, 6.07) is 10.6. The third-order valence-corrected chi connectivity index (χ3v) is 5.05. The summed E-state index contributed by atoms with van der Waals surface area (Å²) >= 11 is 5.81. The second-order valence-electron chi connectivity index (χ2n) is 7.27. The van der Waals surface area contributed by atoms with Crippen LogP contribution in [0, 0.1) is 16.0 Å². The Labute approximate surface area is 179 Å². The number of halogens is 1. The molecule has 30 heavy (non-hydrogen) atoms. The number of piperazine rings is 1. The first kappa shape index (κ1) is 21.6. The number of nitrogens with zero attached hydrogens (tertiary/aromatic N) is 3. The van der Waals surface area contributed by atoms with Gasteiger partial charge in [-0.2, -0.15) is 0 Å². The van der Waals surface area contributed by atoms with Crippen LogP contribution >= 0.6 is 11.6 Å². The van der Waals surface area contributed by atoms with E-state index < -0.39 is 4.92 Å². The minimum absolute atomic E-state index is 0.0590. The second kappa shape index (κ2) is 9.13. The summed E-state index contributed by atoms with van der Waals surface area (Å²) in [6.45, 7) is 5.72. The van der Waals surface area contributed by atoms with E-state index in [0.717, 1.165) is 0 Å². The van der Waals surface area contributed by atoms with Gasteiger partial charge in [0, 0.05) is 48.7 Å². The van der Waals surface area contributed by atoms with Crippen molar-refractivity contribution in [3.05, 3.63) is 63.2 Å². The number of hydrogen-bond acceptors (Lipinski definition) is 5. The summed E-state index contributed by atoms with van der Waals surface area (Å²) in [5, 5.41) is 11.4. The average molecular weight is 432 g/mol. The molecule has 0 aliphatic carbocycles. The van der Waals surface area contributed by atoms with E-state index in [4.69, 9.17) is 16.3 Å². The Morgan fingerprint density at radius 2 is 1.63 bits per heavy atom. The van der Waals surface area contributed by atoms with Crippen LogP contribution in [-0.4, -0.2) is 52.7 Å². The van der Waals surface area contributed by atoms with Gasteiger partial charge in [0.2, 0.25) is 11.7 Å². The highest BCUT2D eigenvalue weighted by Crippen LogP contribution is 2.33. The van der Waals surface area contributed by atoms with E-state index in [1.54, 1.807) is 34.1 Å². The average Bonchev–Trinajstić information content (AvgIpc) is 2.74. The molecule has 0 unspecified atom stereocenters. The highest BCUT2D eigenvalue weighted by atomic mass is 35.5. The number of ether oxygens (including phenoxy) is 1. The SMILES string of the molecule is CC(C)C(=O)N1CCN(C(=O)c2ccc(Oc3ccc(Cl)cc3[N+](=O)[O-])cc2)CC1. The molecule has 1 aliphatic rings. The Bertz CT molecular complexity index is 954. The molecule has 2 aromatic carbocycles. The van der Waals surface area contributed by atoms with Gasteiger partial charge in [-0.05, 0) is 36.4 Å². The molecule has 0 spiro atoms. The molecule has 1 saturated heterocycles. The number of carbonyl (C=O) groups is 2. The van der Waals surface area contributed by atoms with Crippen molar-refractivity contribution in [3.8, 4) is 11.5 Å². The summed E-state index contributed by atoms with van der Waals surface area (Å²) in [5.41, 5.74) is 0.244. The molecule has 2 amide bonds. The highest BCUT2D eigenvalue weighted by Gasteiger charge is 2.26. The number of benzene rings is 2. The molecule has 0 radical (unpaired) electrons. The third kappa shape index (κ3) is 4.88. The van der Waals surface area contributed by atoms with Crippen molar-refractivity contribution in [2.75, 3.05) is 26.2 Å². The molecule has 158 valence electrons. The monoisotopic (exact) mass is 431 g/mol. The predicted octanol–water partition coefficient (Wildman–Crippen LogP) is 3.98. The van der Waals surface area contributed by atoms with E-state index in [-0.39, 0.29) is 34.2 Å². The second-order valence-corrected chi connectivity index (χ2v) is 7.70. The molecular weight excluding hydrogens is 410 g/mol. The van der Waals surface area contributed by atoms with Crippen molar-refractivity contribution < 1.29 is 19.2 Å². The molecule has 3 rings (SSSR count). The number of rotatable bonds is 5. The molecule has 0 aromatic heterocycles. The highest BCUT2D eigenvalue weighted by molar-refractivity contribution is 6.30. The zero-order valence-electron chi connectivity index (χ0n) is 16.7. The lowest BCUT2D eigenvalue weighted by Gasteiger charge is -2.35. The third-order valence-electron chi connectivity index (χ3n) is 4.82. The van der Waals surface area contributed by atoms with Crippen LogP contribution in [0.3, 0.4) is 0 Å². The number of nitro benzene ring substituents is 1.